The molecule has 0 bridgehead atoms. The summed E-state index contributed by atoms with van der Waals surface area (Å²) in [5.74, 6) is -0.355. The molecule has 1 aromatic rings. The van der Waals surface area contributed by atoms with Crippen molar-refractivity contribution in [2.24, 2.45) is 0 Å². The van der Waals surface area contributed by atoms with Gasteiger partial charge in [0.1, 0.15) is 6.61 Å². The van der Waals surface area contributed by atoms with Crippen LogP contribution < -0.4 is 10.9 Å². The van der Waals surface area contributed by atoms with Crippen LogP contribution in [0.25, 0.3) is 0 Å². The molecule has 0 aliphatic carbocycles. The Bertz CT molecular complexity index is 338. The number of ether oxygens (including phenoxy) is 1. The van der Waals surface area contributed by atoms with Crippen molar-refractivity contribution in [3.8, 4) is 0 Å². The van der Waals surface area contributed by atoms with Gasteiger partial charge in [-0.25, -0.2) is 10.2 Å². The van der Waals surface area contributed by atoms with Gasteiger partial charge < -0.3 is 4.74 Å². The minimum atomic E-state index is -0.686. The number of hydrogen-bond acceptors (Lipinski definition) is 3. The molecule has 0 fully saturated rings. The maximum Gasteiger partial charge on any atom is 0.426 e. The third-order valence-corrected chi connectivity index (χ3v) is 1.55. The van der Waals surface area contributed by atoms with Gasteiger partial charge in [0.05, 0.1) is 0 Å². The van der Waals surface area contributed by atoms with Gasteiger partial charge in [-0.05, 0) is 5.56 Å². The number of amides is 2. The standard InChI is InChI=1S/C10H12N2O3/c1-8(13)11-12-10(14)15-7-9-5-3-2-4-6-9/h2-6H,7H2,1H3,(H,11,13)(H,12,14). The molecule has 0 unspecified atom stereocenters. The first kappa shape index (κ1) is 11.0. The zero-order valence-electron chi connectivity index (χ0n) is 8.32. The number of nitrogens with one attached hydrogen (secondary N) is 2. The summed E-state index contributed by atoms with van der Waals surface area (Å²) < 4.78 is 4.81. The van der Waals surface area contributed by atoms with E-state index in [0.29, 0.717) is 0 Å². The highest BCUT2D eigenvalue weighted by Crippen LogP contribution is 1.99. The molecule has 0 aliphatic heterocycles. The van der Waals surface area contributed by atoms with Crippen molar-refractivity contribution in [2.75, 3.05) is 0 Å². The average molecular weight is 208 g/mol. The fraction of sp³-hybridized carbons (Fsp3) is 0.200. The van der Waals surface area contributed by atoms with Crippen molar-refractivity contribution < 1.29 is 14.3 Å². The van der Waals surface area contributed by atoms with Crippen molar-refractivity contribution >= 4 is 12.0 Å². The SMILES string of the molecule is CC(=O)NNC(=O)OCc1ccccc1. The van der Waals surface area contributed by atoms with Gasteiger partial charge in [0, 0.05) is 6.92 Å². The van der Waals surface area contributed by atoms with Crippen LogP contribution >= 0.6 is 0 Å². The van der Waals surface area contributed by atoms with Crippen LogP contribution in [0.3, 0.4) is 0 Å². The zero-order chi connectivity index (χ0) is 11.1. The Hall–Kier alpha value is -2.04. The second-order valence-electron chi connectivity index (χ2n) is 2.87. The molecule has 0 saturated carbocycles. The number of carbonyl (C=O) groups is 2. The predicted octanol–water partition coefficient (Wildman–Crippen LogP) is 0.964. The Morgan fingerprint density at radius 1 is 1.20 bits per heavy atom. The molecule has 0 heterocycles. The van der Waals surface area contributed by atoms with Crippen LogP contribution in [0.2, 0.25) is 0 Å². The summed E-state index contributed by atoms with van der Waals surface area (Å²) in [4.78, 5) is 21.4. The van der Waals surface area contributed by atoms with E-state index in [-0.39, 0.29) is 12.5 Å². The van der Waals surface area contributed by atoms with Crippen LogP contribution in [0.15, 0.2) is 30.3 Å². The van der Waals surface area contributed by atoms with E-state index in [1.807, 2.05) is 30.3 Å². The van der Waals surface area contributed by atoms with Crippen molar-refractivity contribution in [2.45, 2.75) is 13.5 Å². The van der Waals surface area contributed by atoms with Gasteiger partial charge in [-0.1, -0.05) is 30.3 Å². The van der Waals surface area contributed by atoms with E-state index in [1.54, 1.807) is 0 Å². The molecule has 0 atom stereocenters. The molecule has 5 nitrogen and oxygen atoms in total. The van der Waals surface area contributed by atoms with Crippen molar-refractivity contribution in [1.82, 2.24) is 10.9 Å². The average Bonchev–Trinajstić information content (AvgIpc) is 2.25. The predicted molar refractivity (Wildman–Crippen MR) is 53.6 cm³/mol. The van der Waals surface area contributed by atoms with Gasteiger partial charge >= 0.3 is 6.09 Å². The van der Waals surface area contributed by atoms with Crippen LogP contribution in [-0.4, -0.2) is 12.0 Å². The Kier molecular flexibility index (Phi) is 4.15. The normalized spacial score (nSPS) is 9.13. The van der Waals surface area contributed by atoms with Gasteiger partial charge in [-0.3, -0.25) is 10.2 Å². The Morgan fingerprint density at radius 2 is 1.87 bits per heavy atom. The monoisotopic (exact) mass is 208 g/mol. The first-order valence-corrected chi connectivity index (χ1v) is 4.42. The molecular weight excluding hydrogens is 196 g/mol. The fourth-order valence-electron chi connectivity index (χ4n) is 0.898. The minimum Gasteiger partial charge on any atom is -0.443 e. The third-order valence-electron chi connectivity index (χ3n) is 1.55. The second-order valence-corrected chi connectivity index (χ2v) is 2.87. The van der Waals surface area contributed by atoms with Crippen LogP contribution in [0.1, 0.15) is 12.5 Å². The Balaban J connectivity index is 2.26. The summed E-state index contributed by atoms with van der Waals surface area (Å²) in [6.07, 6.45) is -0.686. The van der Waals surface area contributed by atoms with Crippen molar-refractivity contribution in [3.05, 3.63) is 35.9 Å². The summed E-state index contributed by atoms with van der Waals surface area (Å²) in [6.45, 7) is 1.46. The molecular formula is C10H12N2O3. The lowest BCUT2D eigenvalue weighted by molar-refractivity contribution is -0.119. The quantitative estimate of drug-likeness (QED) is 0.711. The largest absolute Gasteiger partial charge is 0.443 e. The maximum absolute atomic E-state index is 11.0. The number of hydrazine groups is 1. The van der Waals surface area contributed by atoms with Crippen molar-refractivity contribution in [1.29, 1.82) is 0 Å². The fourth-order valence-corrected chi connectivity index (χ4v) is 0.898. The second kappa shape index (κ2) is 5.64. The highest BCUT2D eigenvalue weighted by atomic mass is 16.6. The van der Waals surface area contributed by atoms with E-state index >= 15 is 0 Å². The Morgan fingerprint density at radius 3 is 2.47 bits per heavy atom. The number of benzene rings is 1. The van der Waals surface area contributed by atoms with Crippen LogP contribution in [0, 0.1) is 0 Å². The van der Waals surface area contributed by atoms with E-state index in [4.69, 9.17) is 4.74 Å². The lowest BCUT2D eigenvalue weighted by Gasteiger charge is -2.06. The molecule has 5 heteroatoms. The minimum absolute atomic E-state index is 0.173. The topological polar surface area (TPSA) is 67.4 Å². The molecule has 2 amide bonds. The summed E-state index contributed by atoms with van der Waals surface area (Å²) in [5, 5.41) is 0. The van der Waals surface area contributed by atoms with Gasteiger partial charge in [0.2, 0.25) is 5.91 Å². The molecule has 0 spiro atoms. The molecule has 1 rings (SSSR count). The maximum atomic E-state index is 11.0. The summed E-state index contributed by atoms with van der Waals surface area (Å²) in [5.41, 5.74) is 5.09. The van der Waals surface area contributed by atoms with E-state index in [9.17, 15) is 9.59 Å². The van der Waals surface area contributed by atoms with Gasteiger partial charge in [-0.15, -0.1) is 0 Å². The van der Waals surface area contributed by atoms with E-state index in [2.05, 4.69) is 10.9 Å². The zero-order valence-corrected chi connectivity index (χ0v) is 8.32. The van der Waals surface area contributed by atoms with E-state index in [0.717, 1.165) is 5.56 Å². The lowest BCUT2D eigenvalue weighted by Crippen LogP contribution is -2.40. The molecule has 15 heavy (non-hydrogen) atoms. The van der Waals surface area contributed by atoms with E-state index in [1.165, 1.54) is 6.92 Å². The summed E-state index contributed by atoms with van der Waals surface area (Å²) in [7, 11) is 0. The van der Waals surface area contributed by atoms with Gasteiger partial charge in [0.25, 0.3) is 0 Å². The molecule has 1 aromatic carbocycles. The smallest absolute Gasteiger partial charge is 0.426 e. The van der Waals surface area contributed by atoms with Crippen LogP contribution in [0.5, 0.6) is 0 Å². The molecule has 0 radical (unpaired) electrons. The first-order valence-electron chi connectivity index (χ1n) is 4.42. The highest BCUT2D eigenvalue weighted by Gasteiger charge is 2.01. The lowest BCUT2D eigenvalue weighted by atomic mass is 10.2. The summed E-state index contributed by atoms with van der Waals surface area (Å²) in [6, 6.07) is 9.26. The third kappa shape index (κ3) is 4.66. The van der Waals surface area contributed by atoms with E-state index < -0.39 is 6.09 Å². The van der Waals surface area contributed by atoms with Gasteiger partial charge in [0.15, 0.2) is 0 Å². The Labute approximate surface area is 87.4 Å². The van der Waals surface area contributed by atoms with Crippen molar-refractivity contribution in [3.63, 3.8) is 0 Å². The molecule has 0 saturated heterocycles. The summed E-state index contributed by atoms with van der Waals surface area (Å²) >= 11 is 0. The highest BCUT2D eigenvalue weighted by molar-refractivity contribution is 5.76. The van der Waals surface area contributed by atoms with Crippen LogP contribution in [-0.2, 0) is 16.1 Å². The molecule has 0 aromatic heterocycles. The molecule has 2 N–H and O–H groups in total. The molecule has 80 valence electrons. The number of rotatable bonds is 2. The first-order chi connectivity index (χ1) is 7.18. The number of carbonyl (C=O) groups excluding carboxylic acids is 2. The molecule has 0 aliphatic rings. The number of hydrogen-bond donors (Lipinski definition) is 2. The van der Waals surface area contributed by atoms with Gasteiger partial charge in [-0.2, -0.15) is 0 Å². The van der Waals surface area contributed by atoms with Crippen LogP contribution in [0.4, 0.5) is 4.79 Å².